The molecular formula is C20H21NO4. The van der Waals surface area contributed by atoms with E-state index < -0.39 is 0 Å². The summed E-state index contributed by atoms with van der Waals surface area (Å²) >= 11 is 0. The minimum atomic E-state index is -0.247. The molecule has 2 aromatic carbocycles. The zero-order chi connectivity index (χ0) is 17.8. The topological polar surface area (TPSA) is 60.7 Å². The zero-order valence-electron chi connectivity index (χ0n) is 14.5. The van der Waals surface area contributed by atoms with Gasteiger partial charge in [-0.2, -0.15) is 0 Å². The molecule has 0 saturated heterocycles. The molecule has 5 nitrogen and oxygen atoms in total. The first-order chi connectivity index (χ1) is 12.1. The largest absolute Gasteiger partial charge is 0.493 e. The molecule has 1 aromatic heterocycles. The van der Waals surface area contributed by atoms with E-state index >= 15 is 0 Å². The number of para-hydroxylation sites is 1. The minimum Gasteiger partial charge on any atom is -0.493 e. The van der Waals surface area contributed by atoms with Gasteiger partial charge in [0.1, 0.15) is 11.3 Å². The summed E-state index contributed by atoms with van der Waals surface area (Å²) in [6.45, 7) is 3.75. The van der Waals surface area contributed by atoms with Gasteiger partial charge in [0, 0.05) is 5.39 Å². The van der Waals surface area contributed by atoms with Gasteiger partial charge >= 0.3 is 0 Å². The van der Waals surface area contributed by atoms with Crippen LogP contribution in [0.1, 0.15) is 24.3 Å². The number of fused-ring (bicyclic) bond motifs is 1. The first-order valence-electron chi connectivity index (χ1n) is 8.12. The normalized spacial score (nSPS) is 12.0. The van der Waals surface area contributed by atoms with Gasteiger partial charge in [0.25, 0.3) is 5.91 Å². The lowest BCUT2D eigenvalue weighted by atomic mass is 10.2. The van der Waals surface area contributed by atoms with Gasteiger partial charge in [0.05, 0.1) is 13.2 Å². The molecule has 25 heavy (non-hydrogen) atoms. The molecular weight excluding hydrogens is 318 g/mol. The maximum Gasteiger partial charge on any atom is 0.258 e. The summed E-state index contributed by atoms with van der Waals surface area (Å²) in [6, 6.07) is 15.0. The van der Waals surface area contributed by atoms with Crippen molar-refractivity contribution in [2.75, 3.05) is 13.7 Å². The number of furan rings is 1. The summed E-state index contributed by atoms with van der Waals surface area (Å²) < 4.78 is 16.6. The smallest absolute Gasteiger partial charge is 0.258 e. The number of hydrogen-bond acceptors (Lipinski definition) is 4. The lowest BCUT2D eigenvalue weighted by Crippen LogP contribution is -2.31. The monoisotopic (exact) mass is 339 g/mol. The van der Waals surface area contributed by atoms with E-state index in [1.165, 1.54) is 0 Å². The van der Waals surface area contributed by atoms with E-state index in [-0.39, 0.29) is 18.6 Å². The maximum atomic E-state index is 12.2. The van der Waals surface area contributed by atoms with E-state index in [0.717, 1.165) is 16.5 Å². The predicted molar refractivity (Wildman–Crippen MR) is 96.0 cm³/mol. The van der Waals surface area contributed by atoms with Gasteiger partial charge in [-0.05, 0) is 43.7 Å². The molecule has 0 aliphatic rings. The van der Waals surface area contributed by atoms with Crippen LogP contribution in [-0.2, 0) is 4.79 Å². The van der Waals surface area contributed by atoms with E-state index in [1.807, 2.05) is 56.3 Å². The SMILES string of the molecule is COc1cc(C)ccc1OCC(=O)NC(C)c1cc2ccccc2o1. The summed E-state index contributed by atoms with van der Waals surface area (Å²) in [4.78, 5) is 12.2. The number of amides is 1. The fourth-order valence-electron chi connectivity index (χ4n) is 2.61. The van der Waals surface area contributed by atoms with Crippen molar-refractivity contribution in [2.24, 2.45) is 0 Å². The summed E-state index contributed by atoms with van der Waals surface area (Å²) in [7, 11) is 1.57. The zero-order valence-corrected chi connectivity index (χ0v) is 14.5. The first-order valence-corrected chi connectivity index (χ1v) is 8.12. The third-order valence-electron chi connectivity index (χ3n) is 3.93. The number of carbonyl (C=O) groups is 1. The Balaban J connectivity index is 1.60. The van der Waals surface area contributed by atoms with Crippen molar-refractivity contribution in [1.82, 2.24) is 5.32 Å². The average molecular weight is 339 g/mol. The molecule has 1 heterocycles. The number of nitrogens with one attached hydrogen (secondary N) is 1. The van der Waals surface area contributed by atoms with Crippen LogP contribution in [0.5, 0.6) is 11.5 Å². The summed E-state index contributed by atoms with van der Waals surface area (Å²) in [5.74, 6) is 1.64. The minimum absolute atomic E-state index is 0.0933. The number of carbonyl (C=O) groups excluding carboxylic acids is 1. The molecule has 0 aliphatic heterocycles. The molecule has 0 spiro atoms. The van der Waals surface area contributed by atoms with Crippen molar-refractivity contribution in [1.29, 1.82) is 0 Å². The molecule has 3 rings (SSSR count). The van der Waals surface area contributed by atoms with Crippen LogP contribution < -0.4 is 14.8 Å². The van der Waals surface area contributed by atoms with E-state index in [9.17, 15) is 4.79 Å². The third kappa shape index (κ3) is 3.94. The van der Waals surface area contributed by atoms with Crippen molar-refractivity contribution in [2.45, 2.75) is 19.9 Å². The van der Waals surface area contributed by atoms with Crippen molar-refractivity contribution in [3.8, 4) is 11.5 Å². The number of methoxy groups -OCH3 is 1. The number of hydrogen-bond donors (Lipinski definition) is 1. The highest BCUT2D eigenvalue weighted by atomic mass is 16.5. The second-order valence-electron chi connectivity index (χ2n) is 5.92. The lowest BCUT2D eigenvalue weighted by molar-refractivity contribution is -0.123. The Morgan fingerprint density at radius 2 is 1.96 bits per heavy atom. The van der Waals surface area contributed by atoms with Crippen LogP contribution in [0, 0.1) is 6.92 Å². The van der Waals surface area contributed by atoms with Gasteiger partial charge in [0.2, 0.25) is 0 Å². The number of rotatable bonds is 6. The van der Waals surface area contributed by atoms with E-state index in [2.05, 4.69) is 5.32 Å². The second kappa shape index (κ2) is 7.30. The predicted octanol–water partition coefficient (Wildman–Crippen LogP) is 4.01. The average Bonchev–Trinajstić information content (AvgIpc) is 3.05. The van der Waals surface area contributed by atoms with Crippen LogP contribution in [0.2, 0.25) is 0 Å². The molecule has 1 unspecified atom stereocenters. The van der Waals surface area contributed by atoms with Crippen molar-refractivity contribution in [3.05, 3.63) is 59.9 Å². The molecule has 1 atom stereocenters. The summed E-state index contributed by atoms with van der Waals surface area (Å²) in [6.07, 6.45) is 0. The van der Waals surface area contributed by atoms with Crippen LogP contribution in [0.15, 0.2) is 52.9 Å². The van der Waals surface area contributed by atoms with Gasteiger partial charge in [-0.25, -0.2) is 0 Å². The maximum absolute atomic E-state index is 12.2. The highest BCUT2D eigenvalue weighted by Gasteiger charge is 2.15. The molecule has 130 valence electrons. The molecule has 0 bridgehead atoms. The second-order valence-corrected chi connectivity index (χ2v) is 5.92. The first kappa shape index (κ1) is 16.9. The van der Waals surface area contributed by atoms with Crippen LogP contribution in [0.4, 0.5) is 0 Å². The Kier molecular flexibility index (Phi) is 4.93. The van der Waals surface area contributed by atoms with E-state index in [1.54, 1.807) is 13.2 Å². The van der Waals surface area contributed by atoms with Gasteiger partial charge in [-0.3, -0.25) is 4.79 Å². The standard InChI is InChI=1S/C20H21NO4/c1-13-8-9-17(19(10-13)23-3)24-12-20(22)21-14(2)18-11-15-6-4-5-7-16(15)25-18/h4-11,14H,12H2,1-3H3,(H,21,22). The van der Waals surface area contributed by atoms with Gasteiger partial charge in [-0.1, -0.05) is 24.3 Å². The van der Waals surface area contributed by atoms with Crippen LogP contribution >= 0.6 is 0 Å². The fraction of sp³-hybridized carbons (Fsp3) is 0.250. The molecule has 0 fully saturated rings. The third-order valence-corrected chi connectivity index (χ3v) is 3.93. The van der Waals surface area contributed by atoms with Crippen molar-refractivity contribution in [3.63, 3.8) is 0 Å². The Labute approximate surface area is 146 Å². The summed E-state index contributed by atoms with van der Waals surface area (Å²) in [5, 5.41) is 3.89. The Hall–Kier alpha value is -2.95. The van der Waals surface area contributed by atoms with Crippen molar-refractivity contribution < 1.29 is 18.7 Å². The van der Waals surface area contributed by atoms with E-state index in [0.29, 0.717) is 17.3 Å². The van der Waals surface area contributed by atoms with Crippen molar-refractivity contribution >= 4 is 16.9 Å². The van der Waals surface area contributed by atoms with E-state index in [4.69, 9.17) is 13.9 Å². The van der Waals surface area contributed by atoms with Gasteiger partial charge in [0.15, 0.2) is 18.1 Å². The summed E-state index contributed by atoms with van der Waals surface area (Å²) in [5.41, 5.74) is 1.87. The van der Waals surface area contributed by atoms with Crippen LogP contribution in [0.25, 0.3) is 11.0 Å². The highest BCUT2D eigenvalue weighted by Crippen LogP contribution is 2.28. The fourth-order valence-corrected chi connectivity index (χ4v) is 2.61. The molecule has 5 heteroatoms. The van der Waals surface area contributed by atoms with Crippen LogP contribution in [0.3, 0.4) is 0 Å². The quantitative estimate of drug-likeness (QED) is 0.737. The highest BCUT2D eigenvalue weighted by molar-refractivity contribution is 5.79. The lowest BCUT2D eigenvalue weighted by Gasteiger charge is -2.14. The van der Waals surface area contributed by atoms with Gasteiger partial charge in [-0.15, -0.1) is 0 Å². The van der Waals surface area contributed by atoms with Gasteiger partial charge < -0.3 is 19.2 Å². The molecule has 0 radical (unpaired) electrons. The Morgan fingerprint density at radius 3 is 2.72 bits per heavy atom. The molecule has 1 amide bonds. The molecule has 1 N–H and O–H groups in total. The number of benzene rings is 2. The Bertz CT molecular complexity index is 851. The Morgan fingerprint density at radius 1 is 1.16 bits per heavy atom. The number of ether oxygens (including phenoxy) is 2. The molecule has 3 aromatic rings. The molecule has 0 saturated carbocycles. The van der Waals surface area contributed by atoms with Crippen LogP contribution in [-0.4, -0.2) is 19.6 Å². The molecule has 0 aliphatic carbocycles. The number of aryl methyl sites for hydroxylation is 1.